The molecule has 0 saturated heterocycles. The molecule has 0 atom stereocenters. The lowest BCUT2D eigenvalue weighted by Crippen LogP contribution is -2.08. The number of H-pyrrole nitrogens is 1. The maximum atomic E-state index is 11.3. The van der Waals surface area contributed by atoms with E-state index in [4.69, 9.17) is 5.26 Å². The Balaban J connectivity index is 0.000000659. The van der Waals surface area contributed by atoms with E-state index in [1.165, 1.54) is 0 Å². The molecule has 0 spiro atoms. The van der Waals surface area contributed by atoms with Gasteiger partial charge in [0.2, 0.25) is 0 Å². The molecule has 1 aromatic carbocycles. The van der Waals surface area contributed by atoms with Crippen LogP contribution in [0.3, 0.4) is 0 Å². The molecule has 0 amide bonds. The molecule has 0 unspecified atom stereocenters. The third-order valence-electron chi connectivity index (χ3n) is 2.16. The molecule has 0 radical (unpaired) electrons. The van der Waals surface area contributed by atoms with E-state index >= 15 is 0 Å². The lowest BCUT2D eigenvalue weighted by atomic mass is 10.1. The van der Waals surface area contributed by atoms with E-state index in [-0.39, 0.29) is 5.56 Å². The predicted molar refractivity (Wildman–Crippen MR) is 76.7 cm³/mol. The van der Waals surface area contributed by atoms with Gasteiger partial charge in [0, 0.05) is 11.1 Å². The first-order chi connectivity index (χ1) is 8.70. The molecule has 0 bridgehead atoms. The zero-order valence-corrected chi connectivity index (χ0v) is 11.7. The van der Waals surface area contributed by atoms with Gasteiger partial charge < -0.3 is 4.98 Å². The Morgan fingerprint density at radius 3 is 2.28 bits per heavy atom. The summed E-state index contributed by atoms with van der Waals surface area (Å²) < 4.78 is 0. The molecule has 2 rings (SSSR count). The number of nitrogens with zero attached hydrogens (tertiary/aromatic N) is 1. The molecule has 0 fully saturated rings. The maximum absolute atomic E-state index is 11.3. The summed E-state index contributed by atoms with van der Waals surface area (Å²) in [6, 6.07) is 9.04. The molecule has 3 nitrogen and oxygen atoms in total. The zero-order valence-electron chi connectivity index (χ0n) is 11.7. The number of rotatable bonds is 0. The Hall–Kier alpha value is -2.08. The normalized spacial score (nSPS) is 8.44. The molecular weight excluding hydrogens is 224 g/mol. The van der Waals surface area contributed by atoms with Crippen LogP contribution in [0.2, 0.25) is 0 Å². The molecule has 0 aliphatic carbocycles. The van der Waals surface area contributed by atoms with Crippen molar-refractivity contribution < 1.29 is 0 Å². The van der Waals surface area contributed by atoms with Gasteiger partial charge in [-0.05, 0) is 36.6 Å². The van der Waals surface area contributed by atoms with Crippen LogP contribution in [0.15, 0.2) is 29.1 Å². The molecule has 1 heterocycles. The highest BCUT2D eigenvalue weighted by atomic mass is 16.1. The first-order valence-electron chi connectivity index (χ1n) is 6.24. The van der Waals surface area contributed by atoms with Crippen LogP contribution in [0.1, 0.15) is 38.8 Å². The number of benzene rings is 1. The second kappa shape index (κ2) is 8.08. The molecule has 96 valence electrons. The van der Waals surface area contributed by atoms with Crippen molar-refractivity contribution >= 4 is 10.9 Å². The molecule has 3 heteroatoms. The van der Waals surface area contributed by atoms with Crippen LogP contribution < -0.4 is 5.56 Å². The number of aromatic amines is 1. The summed E-state index contributed by atoms with van der Waals surface area (Å²) in [6.45, 7) is 9.75. The molecule has 0 saturated carbocycles. The number of nitrogens with one attached hydrogen (secondary N) is 1. The zero-order chi connectivity index (χ0) is 14.1. The number of nitriles is 1. The van der Waals surface area contributed by atoms with Crippen molar-refractivity contribution in [2.45, 2.75) is 34.6 Å². The van der Waals surface area contributed by atoms with E-state index in [9.17, 15) is 4.79 Å². The van der Waals surface area contributed by atoms with Gasteiger partial charge in [0.1, 0.15) is 0 Å². The lowest BCUT2D eigenvalue weighted by molar-refractivity contribution is 1.23. The Bertz CT molecular complexity index is 591. The molecule has 18 heavy (non-hydrogen) atoms. The summed E-state index contributed by atoms with van der Waals surface area (Å²) in [5.41, 5.74) is 1.94. The van der Waals surface area contributed by atoms with Crippen molar-refractivity contribution in [1.82, 2.24) is 4.98 Å². The monoisotopic (exact) mass is 244 g/mol. The number of pyridine rings is 1. The minimum atomic E-state index is -0.0813. The van der Waals surface area contributed by atoms with E-state index in [2.05, 4.69) is 11.1 Å². The highest BCUT2D eigenvalue weighted by Crippen LogP contribution is 2.12. The second-order valence-electron chi connectivity index (χ2n) is 3.20. The van der Waals surface area contributed by atoms with Crippen LogP contribution in [-0.4, -0.2) is 4.98 Å². The van der Waals surface area contributed by atoms with E-state index < -0.39 is 0 Å². The van der Waals surface area contributed by atoms with E-state index in [1.54, 1.807) is 31.2 Å². The van der Waals surface area contributed by atoms with Gasteiger partial charge in [0.15, 0.2) is 0 Å². The van der Waals surface area contributed by atoms with Gasteiger partial charge in [-0.2, -0.15) is 5.26 Å². The van der Waals surface area contributed by atoms with Crippen molar-refractivity contribution in [1.29, 1.82) is 5.26 Å². The van der Waals surface area contributed by atoms with E-state index in [0.29, 0.717) is 11.1 Å². The Kier molecular flexibility index (Phi) is 7.14. The quantitative estimate of drug-likeness (QED) is 0.767. The minimum absolute atomic E-state index is 0.0813. The van der Waals surface area contributed by atoms with Gasteiger partial charge in [-0.15, -0.1) is 0 Å². The summed E-state index contributed by atoms with van der Waals surface area (Å²) in [5, 5.41) is 9.59. The highest BCUT2D eigenvalue weighted by molar-refractivity contribution is 5.80. The number of fused-ring (bicyclic) bond motifs is 1. The second-order valence-corrected chi connectivity index (χ2v) is 3.20. The van der Waals surface area contributed by atoms with Gasteiger partial charge in [0.05, 0.1) is 11.6 Å². The molecule has 2 aromatic rings. The fraction of sp³-hybridized carbons (Fsp3) is 0.333. The first-order valence-corrected chi connectivity index (χ1v) is 6.24. The summed E-state index contributed by atoms with van der Waals surface area (Å²) in [7, 11) is 0. The fourth-order valence-electron chi connectivity index (χ4n) is 1.39. The van der Waals surface area contributed by atoms with Gasteiger partial charge in [-0.1, -0.05) is 27.7 Å². The molecule has 0 aliphatic rings. The largest absolute Gasteiger partial charge is 0.322 e. The van der Waals surface area contributed by atoms with Crippen molar-refractivity contribution in [3.63, 3.8) is 0 Å². The number of aryl methyl sites for hydroxylation is 1. The van der Waals surface area contributed by atoms with Gasteiger partial charge in [-0.25, -0.2) is 0 Å². The average Bonchev–Trinajstić information content (AvgIpc) is 2.44. The summed E-state index contributed by atoms with van der Waals surface area (Å²) in [5.74, 6) is 0. The first kappa shape index (κ1) is 15.9. The minimum Gasteiger partial charge on any atom is -0.322 e. The van der Waals surface area contributed by atoms with Crippen LogP contribution >= 0.6 is 0 Å². The highest BCUT2D eigenvalue weighted by Gasteiger charge is 1.99. The van der Waals surface area contributed by atoms with Crippen molar-refractivity contribution in [2.75, 3.05) is 0 Å². The van der Waals surface area contributed by atoms with Crippen LogP contribution in [0.25, 0.3) is 10.9 Å². The maximum Gasteiger partial charge on any atom is 0.251 e. The van der Waals surface area contributed by atoms with Gasteiger partial charge in [0.25, 0.3) is 5.56 Å². The van der Waals surface area contributed by atoms with Crippen LogP contribution in [0.4, 0.5) is 0 Å². The Labute approximate surface area is 108 Å². The Morgan fingerprint density at radius 1 is 1.11 bits per heavy atom. The SMILES string of the molecule is CC.CC.Cc1cc2cc(C#N)ccc2[nH]c1=O. The topological polar surface area (TPSA) is 56.6 Å². The van der Waals surface area contributed by atoms with Crippen molar-refractivity contribution in [3.8, 4) is 6.07 Å². The summed E-state index contributed by atoms with van der Waals surface area (Å²) in [6.07, 6.45) is 0. The molecule has 0 aliphatic heterocycles. The average molecular weight is 244 g/mol. The summed E-state index contributed by atoms with van der Waals surface area (Å²) in [4.78, 5) is 14.0. The molecule has 1 aromatic heterocycles. The predicted octanol–water partition coefficient (Wildman–Crippen LogP) is 3.76. The van der Waals surface area contributed by atoms with Crippen molar-refractivity contribution in [3.05, 3.63) is 45.7 Å². The van der Waals surface area contributed by atoms with E-state index in [1.807, 2.05) is 27.7 Å². The van der Waals surface area contributed by atoms with Gasteiger partial charge >= 0.3 is 0 Å². The van der Waals surface area contributed by atoms with E-state index in [0.717, 1.165) is 10.9 Å². The third kappa shape index (κ3) is 3.74. The number of hydrogen-bond donors (Lipinski definition) is 1. The molecular formula is C15H20N2O. The fourth-order valence-corrected chi connectivity index (χ4v) is 1.39. The molecule has 1 N–H and O–H groups in total. The van der Waals surface area contributed by atoms with Crippen LogP contribution in [0.5, 0.6) is 0 Å². The summed E-state index contributed by atoms with van der Waals surface area (Å²) >= 11 is 0. The van der Waals surface area contributed by atoms with Gasteiger partial charge in [-0.3, -0.25) is 4.79 Å². The standard InChI is InChI=1S/C11H8N2O.2C2H6/c1-7-4-9-5-8(6-12)2-3-10(9)13-11(7)14;2*1-2/h2-5H,1H3,(H,13,14);2*1-2H3. The van der Waals surface area contributed by atoms with Crippen molar-refractivity contribution in [2.24, 2.45) is 0 Å². The Morgan fingerprint density at radius 2 is 1.72 bits per heavy atom. The number of hydrogen-bond acceptors (Lipinski definition) is 2. The third-order valence-corrected chi connectivity index (χ3v) is 2.16. The smallest absolute Gasteiger partial charge is 0.251 e. The van der Waals surface area contributed by atoms with Crippen LogP contribution in [0, 0.1) is 18.3 Å². The lowest BCUT2D eigenvalue weighted by Gasteiger charge is -1.98. The number of aromatic nitrogens is 1. The van der Waals surface area contributed by atoms with Crippen LogP contribution in [-0.2, 0) is 0 Å².